The lowest BCUT2D eigenvalue weighted by molar-refractivity contribution is -0.112. The summed E-state index contributed by atoms with van der Waals surface area (Å²) >= 11 is 0. The van der Waals surface area contributed by atoms with Crippen molar-refractivity contribution in [3.8, 4) is 11.8 Å². The van der Waals surface area contributed by atoms with Crippen molar-refractivity contribution < 1.29 is 9.18 Å². The van der Waals surface area contributed by atoms with Gasteiger partial charge in [0.15, 0.2) is 0 Å². The number of carbonyl (C=O) groups excluding carboxylic acids is 1. The van der Waals surface area contributed by atoms with Gasteiger partial charge < -0.3 is 9.88 Å². The predicted molar refractivity (Wildman–Crippen MR) is 104 cm³/mol. The van der Waals surface area contributed by atoms with E-state index in [1.54, 1.807) is 6.07 Å². The number of para-hydroxylation sites is 2. The Bertz CT molecular complexity index is 1060. The Labute approximate surface area is 157 Å². The minimum Gasteiger partial charge on any atom is -0.319 e. The van der Waals surface area contributed by atoms with E-state index in [4.69, 9.17) is 0 Å². The van der Waals surface area contributed by atoms with E-state index < -0.39 is 11.7 Å². The molecule has 3 rings (SSSR count). The third-order valence-corrected chi connectivity index (χ3v) is 4.27. The summed E-state index contributed by atoms with van der Waals surface area (Å²) < 4.78 is 15.8. The van der Waals surface area contributed by atoms with E-state index in [9.17, 15) is 14.4 Å². The number of nitriles is 1. The summed E-state index contributed by atoms with van der Waals surface area (Å²) in [5.41, 5.74) is 3.60. The Morgan fingerprint density at radius 3 is 2.44 bits per heavy atom. The van der Waals surface area contributed by atoms with Gasteiger partial charge in [-0.1, -0.05) is 30.3 Å². The van der Waals surface area contributed by atoms with Crippen LogP contribution in [0.2, 0.25) is 0 Å². The molecule has 0 fully saturated rings. The van der Waals surface area contributed by atoms with E-state index in [-0.39, 0.29) is 11.3 Å². The van der Waals surface area contributed by atoms with Crippen molar-refractivity contribution >= 4 is 17.7 Å². The van der Waals surface area contributed by atoms with Gasteiger partial charge in [0.05, 0.1) is 5.69 Å². The second kappa shape index (κ2) is 7.71. The summed E-state index contributed by atoms with van der Waals surface area (Å²) in [5, 5.41) is 11.9. The van der Waals surface area contributed by atoms with Gasteiger partial charge in [-0.05, 0) is 55.8 Å². The lowest BCUT2D eigenvalue weighted by Crippen LogP contribution is -2.14. The van der Waals surface area contributed by atoms with Crippen molar-refractivity contribution in [1.29, 1.82) is 5.26 Å². The highest BCUT2D eigenvalue weighted by Crippen LogP contribution is 2.23. The lowest BCUT2D eigenvalue weighted by atomic mass is 10.1. The monoisotopic (exact) mass is 359 g/mol. The second-order valence-electron chi connectivity index (χ2n) is 6.10. The number of rotatable bonds is 4. The molecule has 134 valence electrons. The maximum Gasteiger partial charge on any atom is 0.266 e. The third-order valence-electron chi connectivity index (χ3n) is 4.27. The van der Waals surface area contributed by atoms with Crippen LogP contribution < -0.4 is 5.32 Å². The second-order valence-corrected chi connectivity index (χ2v) is 6.10. The topological polar surface area (TPSA) is 57.8 Å². The molecule has 0 aliphatic heterocycles. The van der Waals surface area contributed by atoms with E-state index in [2.05, 4.69) is 9.88 Å². The minimum absolute atomic E-state index is 0.0402. The Balaban J connectivity index is 1.94. The van der Waals surface area contributed by atoms with Crippen LogP contribution >= 0.6 is 0 Å². The van der Waals surface area contributed by atoms with Gasteiger partial charge in [-0.25, -0.2) is 4.39 Å². The molecule has 1 heterocycles. The number of hydrogen-bond acceptors (Lipinski definition) is 2. The van der Waals surface area contributed by atoms with Gasteiger partial charge in [0, 0.05) is 17.1 Å². The van der Waals surface area contributed by atoms with Crippen LogP contribution in [0.15, 0.2) is 66.2 Å². The van der Waals surface area contributed by atoms with Gasteiger partial charge in [-0.2, -0.15) is 5.26 Å². The number of aromatic nitrogens is 1. The van der Waals surface area contributed by atoms with E-state index in [1.807, 2.05) is 56.3 Å². The van der Waals surface area contributed by atoms with Crippen molar-refractivity contribution in [2.24, 2.45) is 0 Å². The summed E-state index contributed by atoms with van der Waals surface area (Å²) in [6.07, 6.45) is 1.53. The van der Waals surface area contributed by atoms with Crippen molar-refractivity contribution in [3.63, 3.8) is 0 Å². The summed E-state index contributed by atoms with van der Waals surface area (Å²) in [7, 11) is 0. The van der Waals surface area contributed by atoms with Crippen molar-refractivity contribution in [3.05, 3.63) is 89.0 Å². The maximum absolute atomic E-state index is 13.7. The Kier molecular flexibility index (Phi) is 5.18. The molecule has 0 saturated carbocycles. The summed E-state index contributed by atoms with van der Waals surface area (Å²) in [4.78, 5) is 12.4. The highest BCUT2D eigenvalue weighted by molar-refractivity contribution is 6.09. The van der Waals surface area contributed by atoms with Crippen LogP contribution in [-0.4, -0.2) is 10.5 Å². The fraction of sp³-hybridized carbons (Fsp3) is 0.0909. The number of benzene rings is 2. The van der Waals surface area contributed by atoms with Gasteiger partial charge in [-0.3, -0.25) is 4.79 Å². The summed E-state index contributed by atoms with van der Waals surface area (Å²) in [5.74, 6) is -1.20. The fourth-order valence-electron chi connectivity index (χ4n) is 2.96. The number of hydrogen-bond donors (Lipinski definition) is 1. The molecule has 0 spiro atoms. The Morgan fingerprint density at radius 1 is 1.11 bits per heavy atom. The summed E-state index contributed by atoms with van der Waals surface area (Å²) in [6, 6.07) is 19.5. The Hall–Kier alpha value is -3.65. The molecule has 0 saturated heterocycles. The first-order valence-electron chi connectivity index (χ1n) is 8.43. The first-order chi connectivity index (χ1) is 13.0. The first kappa shape index (κ1) is 18.2. The van der Waals surface area contributed by atoms with Crippen LogP contribution in [-0.2, 0) is 4.79 Å². The number of halogens is 1. The maximum atomic E-state index is 13.7. The average molecular weight is 359 g/mol. The number of nitrogens with zero attached hydrogens (tertiary/aromatic N) is 2. The number of carbonyl (C=O) groups is 1. The van der Waals surface area contributed by atoms with Crippen molar-refractivity contribution in [2.75, 3.05) is 5.32 Å². The third kappa shape index (κ3) is 3.80. The van der Waals surface area contributed by atoms with Gasteiger partial charge in [0.2, 0.25) is 0 Å². The molecular weight excluding hydrogens is 341 g/mol. The van der Waals surface area contributed by atoms with Crippen LogP contribution in [0.3, 0.4) is 0 Å². The van der Waals surface area contributed by atoms with Crippen LogP contribution in [0.1, 0.15) is 17.0 Å². The molecule has 0 atom stereocenters. The van der Waals surface area contributed by atoms with Crippen molar-refractivity contribution in [1.82, 2.24) is 4.57 Å². The molecule has 1 amide bonds. The van der Waals surface area contributed by atoms with E-state index in [0.717, 1.165) is 22.6 Å². The molecule has 4 nitrogen and oxygen atoms in total. The van der Waals surface area contributed by atoms with Gasteiger partial charge in [-0.15, -0.1) is 0 Å². The molecular formula is C22H18FN3O. The number of aryl methyl sites for hydroxylation is 1. The number of nitrogens with one attached hydrogen (secondary N) is 1. The molecule has 0 bridgehead atoms. The predicted octanol–water partition coefficient (Wildman–Crippen LogP) is 4.78. The Morgan fingerprint density at radius 2 is 1.78 bits per heavy atom. The fourth-order valence-corrected chi connectivity index (χ4v) is 2.96. The van der Waals surface area contributed by atoms with Crippen LogP contribution in [0.5, 0.6) is 0 Å². The molecule has 1 aromatic heterocycles. The number of amides is 1. The zero-order chi connectivity index (χ0) is 19.4. The standard InChI is InChI=1S/C22H18FN3O/c1-15-12-17(16(2)26(15)19-8-4-3-5-9-19)13-18(14-24)22(27)25-21-11-7-6-10-20(21)23/h3-13H,1-2H3,(H,25,27)/b18-13-. The molecule has 0 aliphatic rings. The van der Waals surface area contributed by atoms with Gasteiger partial charge >= 0.3 is 0 Å². The molecule has 0 unspecified atom stereocenters. The highest BCUT2D eigenvalue weighted by Gasteiger charge is 2.15. The molecule has 1 N–H and O–H groups in total. The van der Waals surface area contributed by atoms with E-state index >= 15 is 0 Å². The van der Waals surface area contributed by atoms with Crippen LogP contribution in [0.4, 0.5) is 10.1 Å². The van der Waals surface area contributed by atoms with Crippen molar-refractivity contribution in [2.45, 2.75) is 13.8 Å². The number of anilines is 1. The normalized spacial score (nSPS) is 11.1. The van der Waals surface area contributed by atoms with Gasteiger partial charge in [0.25, 0.3) is 5.91 Å². The molecule has 5 heteroatoms. The van der Waals surface area contributed by atoms with Crippen LogP contribution in [0.25, 0.3) is 11.8 Å². The molecule has 27 heavy (non-hydrogen) atoms. The molecule has 3 aromatic rings. The largest absolute Gasteiger partial charge is 0.319 e. The smallest absolute Gasteiger partial charge is 0.266 e. The first-order valence-corrected chi connectivity index (χ1v) is 8.43. The van der Waals surface area contributed by atoms with Crippen LogP contribution in [0, 0.1) is 31.0 Å². The zero-order valence-corrected chi connectivity index (χ0v) is 15.0. The van der Waals surface area contributed by atoms with E-state index in [1.165, 1.54) is 24.3 Å². The van der Waals surface area contributed by atoms with E-state index in [0.29, 0.717) is 0 Å². The minimum atomic E-state index is -0.646. The highest BCUT2D eigenvalue weighted by atomic mass is 19.1. The quantitative estimate of drug-likeness (QED) is 0.538. The molecule has 2 aromatic carbocycles. The zero-order valence-electron chi connectivity index (χ0n) is 15.0. The SMILES string of the molecule is Cc1cc(/C=C(/C#N)C(=O)Nc2ccccc2F)c(C)n1-c1ccccc1. The lowest BCUT2D eigenvalue weighted by Gasteiger charge is -2.09. The molecule has 0 aliphatic carbocycles. The average Bonchev–Trinajstić information content (AvgIpc) is 2.95. The van der Waals surface area contributed by atoms with Gasteiger partial charge in [0.1, 0.15) is 17.5 Å². The summed E-state index contributed by atoms with van der Waals surface area (Å²) in [6.45, 7) is 3.89. The molecule has 0 radical (unpaired) electrons.